The Morgan fingerprint density at radius 2 is 1.73 bits per heavy atom. The van der Waals surface area contributed by atoms with Crippen molar-refractivity contribution in [2.75, 3.05) is 39.8 Å². The number of benzene rings is 2. The predicted molar refractivity (Wildman–Crippen MR) is 149 cm³/mol. The van der Waals surface area contributed by atoms with Crippen LogP contribution in [0.15, 0.2) is 60.8 Å². The maximum atomic E-state index is 13.2. The highest BCUT2D eigenvalue weighted by Crippen LogP contribution is 2.31. The summed E-state index contributed by atoms with van der Waals surface area (Å²) in [5.41, 5.74) is 7.13. The van der Waals surface area contributed by atoms with Crippen LogP contribution in [0.5, 0.6) is 5.75 Å². The number of likely N-dealkylation sites (N-methyl/N-ethyl adjacent to an activating group) is 1. The number of amides is 1. The molecule has 0 radical (unpaired) electrons. The molecule has 0 N–H and O–H groups in total. The fourth-order valence-corrected chi connectivity index (χ4v) is 5.35. The summed E-state index contributed by atoms with van der Waals surface area (Å²) in [6, 6.07) is 18.1. The molecular formula is C30H33ClN4O2. The second-order valence-electron chi connectivity index (χ2n) is 9.56. The van der Waals surface area contributed by atoms with E-state index in [4.69, 9.17) is 21.3 Å². The summed E-state index contributed by atoms with van der Waals surface area (Å²) in [6.07, 6.45) is 3.19. The van der Waals surface area contributed by atoms with Crippen LogP contribution in [-0.4, -0.2) is 64.9 Å². The quantitative estimate of drug-likeness (QED) is 0.314. The smallest absolute Gasteiger partial charge is 0.223 e. The number of hydrogen-bond donors (Lipinski definition) is 0. The number of rotatable bonds is 7. The lowest BCUT2D eigenvalue weighted by Gasteiger charge is -2.34. The number of carbonyl (C=O) groups excluding carboxylic acids is 1. The van der Waals surface area contributed by atoms with Crippen LogP contribution in [0, 0.1) is 6.92 Å². The third-order valence-electron chi connectivity index (χ3n) is 7.33. The summed E-state index contributed by atoms with van der Waals surface area (Å²) in [5, 5.41) is 0.728. The number of ether oxygens (including phenoxy) is 1. The first-order valence-corrected chi connectivity index (χ1v) is 13.3. The SMILES string of the molecule is CCN1CCN(C(=O)CCc2c(-c3ccc(OC)cc3)nc3ccc(-c4ccc(Cl)cc4C)cn23)CC1. The summed E-state index contributed by atoms with van der Waals surface area (Å²) in [6.45, 7) is 8.75. The van der Waals surface area contributed by atoms with Gasteiger partial charge in [0.25, 0.3) is 0 Å². The summed E-state index contributed by atoms with van der Waals surface area (Å²) >= 11 is 6.21. The van der Waals surface area contributed by atoms with E-state index in [0.29, 0.717) is 12.8 Å². The van der Waals surface area contributed by atoms with Gasteiger partial charge in [0.2, 0.25) is 5.91 Å². The molecule has 0 bridgehead atoms. The van der Waals surface area contributed by atoms with E-state index in [1.165, 1.54) is 0 Å². The lowest BCUT2D eigenvalue weighted by atomic mass is 10.0. The van der Waals surface area contributed by atoms with Crippen LogP contribution >= 0.6 is 11.6 Å². The molecule has 2 aromatic heterocycles. The molecule has 4 aromatic rings. The Balaban J connectivity index is 1.50. The molecule has 3 heterocycles. The van der Waals surface area contributed by atoms with Crippen LogP contribution in [0.1, 0.15) is 24.6 Å². The number of nitrogens with zero attached hydrogens (tertiary/aromatic N) is 4. The van der Waals surface area contributed by atoms with Gasteiger partial charge in [-0.25, -0.2) is 4.98 Å². The highest BCUT2D eigenvalue weighted by molar-refractivity contribution is 6.30. The molecule has 5 rings (SSSR count). The molecule has 0 spiro atoms. The van der Waals surface area contributed by atoms with E-state index in [1.807, 2.05) is 47.4 Å². The van der Waals surface area contributed by atoms with Gasteiger partial charge in [-0.3, -0.25) is 4.79 Å². The Labute approximate surface area is 223 Å². The standard InChI is InChI=1S/C30H33ClN4O2/c1-4-33-15-17-34(18-16-33)29(36)14-12-27-30(22-5-9-25(37-3)10-6-22)32-28-13-7-23(20-35(27)28)26-11-8-24(31)19-21(26)2/h5-11,13,19-20H,4,12,14-18H2,1-3H3. The van der Waals surface area contributed by atoms with Crippen LogP contribution in [0.25, 0.3) is 28.0 Å². The molecule has 7 heteroatoms. The second kappa shape index (κ2) is 11.0. The van der Waals surface area contributed by atoms with E-state index in [2.05, 4.69) is 41.5 Å². The van der Waals surface area contributed by atoms with E-state index in [-0.39, 0.29) is 5.91 Å². The third kappa shape index (κ3) is 5.36. The molecule has 1 amide bonds. The van der Waals surface area contributed by atoms with Gasteiger partial charge >= 0.3 is 0 Å². The van der Waals surface area contributed by atoms with E-state index in [1.54, 1.807) is 7.11 Å². The maximum absolute atomic E-state index is 13.2. The number of pyridine rings is 1. The number of imidazole rings is 1. The Bertz CT molecular complexity index is 1410. The fourth-order valence-electron chi connectivity index (χ4n) is 5.12. The van der Waals surface area contributed by atoms with Crippen molar-refractivity contribution in [2.45, 2.75) is 26.7 Å². The van der Waals surface area contributed by atoms with Gasteiger partial charge in [-0.05, 0) is 85.1 Å². The van der Waals surface area contributed by atoms with Gasteiger partial charge in [0.1, 0.15) is 11.4 Å². The van der Waals surface area contributed by atoms with Crippen molar-refractivity contribution in [1.82, 2.24) is 19.2 Å². The van der Waals surface area contributed by atoms with Gasteiger partial charge in [0.15, 0.2) is 0 Å². The molecule has 1 aliphatic rings. The van der Waals surface area contributed by atoms with Gasteiger partial charge in [0.05, 0.1) is 18.5 Å². The molecule has 37 heavy (non-hydrogen) atoms. The molecule has 0 saturated carbocycles. The minimum absolute atomic E-state index is 0.205. The average Bonchev–Trinajstić information content (AvgIpc) is 3.29. The largest absolute Gasteiger partial charge is 0.497 e. The summed E-state index contributed by atoms with van der Waals surface area (Å²) in [5.74, 6) is 1.01. The number of aryl methyl sites for hydroxylation is 2. The van der Waals surface area contributed by atoms with E-state index in [0.717, 1.165) is 82.8 Å². The molecular weight excluding hydrogens is 484 g/mol. The van der Waals surface area contributed by atoms with Crippen molar-refractivity contribution in [1.29, 1.82) is 0 Å². The first-order valence-electron chi connectivity index (χ1n) is 12.9. The molecule has 1 aliphatic heterocycles. The summed E-state index contributed by atoms with van der Waals surface area (Å²) in [7, 11) is 1.66. The van der Waals surface area contributed by atoms with Gasteiger partial charge in [-0.2, -0.15) is 0 Å². The topological polar surface area (TPSA) is 50.1 Å². The Morgan fingerprint density at radius 3 is 2.41 bits per heavy atom. The van der Waals surface area contributed by atoms with Gasteiger partial charge in [0, 0.05) is 49.4 Å². The lowest BCUT2D eigenvalue weighted by Crippen LogP contribution is -2.48. The van der Waals surface area contributed by atoms with Crippen molar-refractivity contribution < 1.29 is 9.53 Å². The van der Waals surface area contributed by atoms with Crippen LogP contribution in [0.4, 0.5) is 0 Å². The zero-order valence-corrected chi connectivity index (χ0v) is 22.5. The highest BCUT2D eigenvalue weighted by Gasteiger charge is 2.22. The lowest BCUT2D eigenvalue weighted by molar-refractivity contribution is -0.132. The van der Waals surface area contributed by atoms with Crippen molar-refractivity contribution in [3.05, 3.63) is 77.1 Å². The summed E-state index contributed by atoms with van der Waals surface area (Å²) < 4.78 is 7.50. The van der Waals surface area contributed by atoms with Crippen molar-refractivity contribution in [3.8, 4) is 28.1 Å². The molecule has 1 fully saturated rings. The fraction of sp³-hybridized carbons (Fsp3) is 0.333. The molecule has 192 valence electrons. The van der Waals surface area contributed by atoms with Gasteiger partial charge < -0.3 is 18.9 Å². The minimum atomic E-state index is 0.205. The number of aromatic nitrogens is 2. The van der Waals surface area contributed by atoms with Gasteiger partial charge in [-0.1, -0.05) is 24.6 Å². The predicted octanol–water partition coefficient (Wildman–Crippen LogP) is 5.74. The van der Waals surface area contributed by atoms with Gasteiger partial charge in [-0.15, -0.1) is 0 Å². The molecule has 0 atom stereocenters. The normalized spacial score (nSPS) is 14.3. The molecule has 0 aliphatic carbocycles. The molecule has 1 saturated heterocycles. The zero-order chi connectivity index (χ0) is 25.9. The van der Waals surface area contributed by atoms with Crippen LogP contribution in [-0.2, 0) is 11.2 Å². The highest BCUT2D eigenvalue weighted by atomic mass is 35.5. The van der Waals surface area contributed by atoms with Crippen LogP contribution in [0.2, 0.25) is 5.02 Å². The minimum Gasteiger partial charge on any atom is -0.497 e. The molecule has 6 nitrogen and oxygen atoms in total. The molecule has 2 aromatic carbocycles. The number of hydrogen-bond acceptors (Lipinski definition) is 4. The van der Waals surface area contributed by atoms with E-state index >= 15 is 0 Å². The number of halogens is 1. The Hall–Kier alpha value is -3.35. The number of piperazine rings is 1. The second-order valence-corrected chi connectivity index (χ2v) is 9.99. The van der Waals surface area contributed by atoms with Crippen molar-refractivity contribution in [3.63, 3.8) is 0 Å². The first kappa shape index (κ1) is 25.3. The van der Waals surface area contributed by atoms with E-state index in [9.17, 15) is 4.79 Å². The van der Waals surface area contributed by atoms with Crippen LogP contribution < -0.4 is 4.74 Å². The number of carbonyl (C=O) groups is 1. The monoisotopic (exact) mass is 516 g/mol. The number of methoxy groups -OCH3 is 1. The summed E-state index contributed by atoms with van der Waals surface area (Å²) in [4.78, 5) is 22.6. The first-order chi connectivity index (χ1) is 18.0. The number of fused-ring (bicyclic) bond motifs is 1. The maximum Gasteiger partial charge on any atom is 0.223 e. The third-order valence-corrected chi connectivity index (χ3v) is 7.56. The van der Waals surface area contributed by atoms with Crippen LogP contribution in [0.3, 0.4) is 0 Å². The van der Waals surface area contributed by atoms with Crippen molar-refractivity contribution in [2.24, 2.45) is 0 Å². The Morgan fingerprint density at radius 1 is 1.00 bits per heavy atom. The van der Waals surface area contributed by atoms with Crippen molar-refractivity contribution >= 4 is 23.2 Å². The zero-order valence-electron chi connectivity index (χ0n) is 21.7. The Kier molecular flexibility index (Phi) is 7.49. The average molecular weight is 517 g/mol. The van der Waals surface area contributed by atoms with E-state index < -0.39 is 0 Å². The molecule has 0 unspecified atom stereocenters.